The van der Waals surface area contributed by atoms with E-state index in [-0.39, 0.29) is 18.3 Å². The number of carbonyl (C=O) groups excluding carboxylic acids is 1. The summed E-state index contributed by atoms with van der Waals surface area (Å²) in [5, 5.41) is 0. The van der Waals surface area contributed by atoms with Crippen LogP contribution in [0.1, 0.15) is 23.5 Å². The van der Waals surface area contributed by atoms with Crippen LogP contribution in [-0.4, -0.2) is 34.4 Å². The second-order valence-corrected chi connectivity index (χ2v) is 5.53. The lowest BCUT2D eigenvalue weighted by Gasteiger charge is -2.29. The Morgan fingerprint density at radius 3 is 2.24 bits per heavy atom. The normalized spacial score (nSPS) is 15.8. The molecule has 6 nitrogen and oxygen atoms in total. The third-order valence-corrected chi connectivity index (χ3v) is 4.29. The van der Waals surface area contributed by atoms with Gasteiger partial charge in [-0.1, -0.05) is 18.2 Å². The van der Waals surface area contributed by atoms with E-state index in [0.717, 1.165) is 11.1 Å². The minimum atomic E-state index is -0.322. The highest BCUT2D eigenvalue weighted by molar-refractivity contribution is 5.81. The van der Waals surface area contributed by atoms with Gasteiger partial charge in [-0.25, -0.2) is 0 Å². The smallest absolute Gasteiger partial charge is 0.312 e. The van der Waals surface area contributed by atoms with Crippen molar-refractivity contribution < 1.29 is 28.5 Å². The van der Waals surface area contributed by atoms with Crippen molar-refractivity contribution in [2.45, 2.75) is 12.3 Å². The zero-order chi connectivity index (χ0) is 18.0. The van der Waals surface area contributed by atoms with Crippen LogP contribution in [0.2, 0.25) is 0 Å². The van der Waals surface area contributed by atoms with Crippen molar-refractivity contribution in [3.8, 4) is 28.7 Å². The van der Waals surface area contributed by atoms with Crippen LogP contribution in [0.3, 0.4) is 0 Å². The highest BCUT2D eigenvalue weighted by Crippen LogP contribution is 2.53. The summed E-state index contributed by atoms with van der Waals surface area (Å²) < 4.78 is 27.3. The van der Waals surface area contributed by atoms with Gasteiger partial charge in [0, 0.05) is 23.1 Å². The fourth-order valence-electron chi connectivity index (χ4n) is 3.22. The molecule has 3 rings (SSSR count). The van der Waals surface area contributed by atoms with Crippen molar-refractivity contribution in [3.05, 3.63) is 41.5 Å². The molecule has 2 aromatic carbocycles. The molecule has 0 radical (unpaired) electrons. The number of methoxy groups -OCH3 is 4. The van der Waals surface area contributed by atoms with E-state index < -0.39 is 0 Å². The van der Waals surface area contributed by atoms with Crippen molar-refractivity contribution in [1.29, 1.82) is 0 Å². The molecule has 0 spiro atoms. The molecule has 0 unspecified atom stereocenters. The molecule has 1 heterocycles. The third-order valence-electron chi connectivity index (χ3n) is 4.29. The molecule has 0 saturated heterocycles. The Kier molecular flexibility index (Phi) is 4.70. The summed E-state index contributed by atoms with van der Waals surface area (Å²) in [6.07, 6.45) is 0.180. The van der Waals surface area contributed by atoms with Gasteiger partial charge in [0.15, 0.2) is 11.5 Å². The largest absolute Gasteiger partial charge is 0.496 e. The highest BCUT2D eigenvalue weighted by Gasteiger charge is 2.36. The van der Waals surface area contributed by atoms with Crippen LogP contribution in [0.5, 0.6) is 28.7 Å². The molecule has 0 aliphatic carbocycles. The molecule has 25 heavy (non-hydrogen) atoms. The molecule has 0 fully saturated rings. The number of carbonyl (C=O) groups is 1. The van der Waals surface area contributed by atoms with Crippen molar-refractivity contribution in [2.75, 3.05) is 28.4 Å². The van der Waals surface area contributed by atoms with Crippen molar-refractivity contribution in [3.63, 3.8) is 0 Å². The monoisotopic (exact) mass is 344 g/mol. The van der Waals surface area contributed by atoms with E-state index in [0.29, 0.717) is 28.7 Å². The quantitative estimate of drug-likeness (QED) is 0.613. The van der Waals surface area contributed by atoms with Crippen LogP contribution < -0.4 is 23.7 Å². The van der Waals surface area contributed by atoms with Crippen LogP contribution >= 0.6 is 0 Å². The van der Waals surface area contributed by atoms with E-state index >= 15 is 0 Å². The van der Waals surface area contributed by atoms with Gasteiger partial charge in [0.05, 0.1) is 34.9 Å². The number of hydrogen-bond acceptors (Lipinski definition) is 6. The Labute approximate surface area is 146 Å². The Bertz CT molecular complexity index is 799. The number of esters is 1. The Balaban J connectivity index is 2.28. The molecule has 6 heteroatoms. The number of fused-ring (bicyclic) bond motifs is 1. The lowest BCUT2D eigenvalue weighted by Crippen LogP contribution is -2.22. The molecule has 1 atom stereocenters. The predicted molar refractivity (Wildman–Crippen MR) is 91.2 cm³/mol. The molecule has 0 N–H and O–H groups in total. The van der Waals surface area contributed by atoms with Crippen molar-refractivity contribution in [2.24, 2.45) is 0 Å². The Hall–Kier alpha value is -2.89. The molecular formula is C19H20O6. The van der Waals surface area contributed by atoms with Gasteiger partial charge in [0.2, 0.25) is 5.75 Å². The van der Waals surface area contributed by atoms with E-state index in [1.54, 1.807) is 27.4 Å². The second-order valence-electron chi connectivity index (χ2n) is 5.53. The number of para-hydroxylation sites is 1. The van der Waals surface area contributed by atoms with Crippen LogP contribution in [0.4, 0.5) is 0 Å². The van der Waals surface area contributed by atoms with Gasteiger partial charge >= 0.3 is 5.97 Å². The number of benzene rings is 2. The number of rotatable bonds is 5. The average Bonchev–Trinajstić information content (AvgIpc) is 2.65. The fourth-order valence-corrected chi connectivity index (χ4v) is 3.22. The van der Waals surface area contributed by atoms with Crippen LogP contribution in [0.25, 0.3) is 0 Å². The molecule has 0 bridgehead atoms. The second kappa shape index (κ2) is 6.93. The van der Waals surface area contributed by atoms with E-state index in [4.69, 9.17) is 23.7 Å². The first-order chi connectivity index (χ1) is 12.1. The molecule has 1 aliphatic rings. The van der Waals surface area contributed by atoms with Gasteiger partial charge < -0.3 is 23.7 Å². The van der Waals surface area contributed by atoms with E-state index in [2.05, 4.69) is 0 Å². The summed E-state index contributed by atoms with van der Waals surface area (Å²) in [4.78, 5) is 12.2. The molecular weight excluding hydrogens is 324 g/mol. The first kappa shape index (κ1) is 17.0. The van der Waals surface area contributed by atoms with E-state index in [1.165, 1.54) is 7.11 Å². The number of ether oxygens (including phenoxy) is 5. The zero-order valence-electron chi connectivity index (χ0n) is 14.6. The summed E-state index contributed by atoms with van der Waals surface area (Å²) in [5.74, 6) is 1.89. The zero-order valence-corrected chi connectivity index (χ0v) is 14.6. The van der Waals surface area contributed by atoms with Gasteiger partial charge in [-0.3, -0.25) is 4.79 Å². The van der Waals surface area contributed by atoms with Gasteiger partial charge in [-0.15, -0.1) is 0 Å². The maximum absolute atomic E-state index is 12.2. The predicted octanol–water partition coefficient (Wildman–Crippen LogP) is 3.16. The summed E-state index contributed by atoms with van der Waals surface area (Å²) >= 11 is 0. The summed E-state index contributed by atoms with van der Waals surface area (Å²) in [5.41, 5.74) is 1.62. The molecule has 0 saturated carbocycles. The van der Waals surface area contributed by atoms with E-state index in [1.807, 2.05) is 24.3 Å². The maximum atomic E-state index is 12.2. The molecule has 0 amide bonds. The van der Waals surface area contributed by atoms with Gasteiger partial charge in [-0.2, -0.15) is 0 Å². The fraction of sp³-hybridized carbons (Fsp3) is 0.316. The van der Waals surface area contributed by atoms with Crippen molar-refractivity contribution in [1.82, 2.24) is 0 Å². The van der Waals surface area contributed by atoms with Gasteiger partial charge in [0.25, 0.3) is 0 Å². The topological polar surface area (TPSA) is 63.2 Å². The molecule has 132 valence electrons. The molecule has 2 aromatic rings. The Morgan fingerprint density at radius 1 is 0.920 bits per heavy atom. The molecule has 1 aliphatic heterocycles. The number of hydrogen-bond donors (Lipinski definition) is 0. The standard InChI is InChI=1S/C19H20O6/c1-21-13-8-6-5-7-11(13)12-9-16(20)25-14-10-15(22-2)18(23-3)19(24-4)17(12)14/h5-8,10,12H,9H2,1-4H3/t12-/m0/s1. The third kappa shape index (κ3) is 2.84. The lowest BCUT2D eigenvalue weighted by molar-refractivity contribution is -0.135. The van der Waals surface area contributed by atoms with Crippen LogP contribution in [0, 0.1) is 0 Å². The average molecular weight is 344 g/mol. The first-order valence-corrected chi connectivity index (χ1v) is 7.81. The minimum Gasteiger partial charge on any atom is -0.496 e. The lowest BCUT2D eigenvalue weighted by atomic mass is 9.85. The highest BCUT2D eigenvalue weighted by atomic mass is 16.5. The SMILES string of the molecule is COc1ccccc1[C@@H]1CC(=O)Oc2cc(OC)c(OC)c(OC)c21. The van der Waals surface area contributed by atoms with Crippen LogP contribution in [0.15, 0.2) is 30.3 Å². The maximum Gasteiger partial charge on any atom is 0.312 e. The van der Waals surface area contributed by atoms with Crippen molar-refractivity contribution >= 4 is 5.97 Å². The summed E-state index contributed by atoms with van der Waals surface area (Å²) in [6, 6.07) is 9.24. The van der Waals surface area contributed by atoms with E-state index in [9.17, 15) is 4.79 Å². The Morgan fingerprint density at radius 2 is 1.60 bits per heavy atom. The minimum absolute atomic E-state index is 0.180. The van der Waals surface area contributed by atoms with Gasteiger partial charge in [0.1, 0.15) is 11.5 Å². The van der Waals surface area contributed by atoms with Crippen LogP contribution in [-0.2, 0) is 4.79 Å². The summed E-state index contributed by atoms with van der Waals surface area (Å²) in [7, 11) is 6.21. The molecule has 0 aromatic heterocycles. The first-order valence-electron chi connectivity index (χ1n) is 7.81. The summed E-state index contributed by atoms with van der Waals surface area (Å²) in [6.45, 7) is 0. The van der Waals surface area contributed by atoms with Gasteiger partial charge in [-0.05, 0) is 6.07 Å².